The molecule has 0 saturated heterocycles. The molecule has 1 aliphatic rings. The van der Waals surface area contributed by atoms with E-state index in [1.807, 2.05) is 4.90 Å². The van der Waals surface area contributed by atoms with E-state index in [0.29, 0.717) is 19.0 Å². The van der Waals surface area contributed by atoms with Crippen LogP contribution in [0.2, 0.25) is 0 Å². The fraction of sp³-hybridized carbons (Fsp3) is 0.529. The number of hydrogen-bond donors (Lipinski definition) is 0. The van der Waals surface area contributed by atoms with Crippen molar-refractivity contribution in [1.82, 2.24) is 4.90 Å². The Labute approximate surface area is 126 Å². The third kappa shape index (κ3) is 4.88. The summed E-state index contributed by atoms with van der Waals surface area (Å²) in [5.41, 5.74) is 2.40. The van der Waals surface area contributed by atoms with Gasteiger partial charge < -0.3 is 9.64 Å². The summed E-state index contributed by atoms with van der Waals surface area (Å²) in [6, 6.07) is 8.60. The van der Waals surface area contributed by atoms with Gasteiger partial charge in [0.05, 0.1) is 13.5 Å². The number of methoxy groups -OCH3 is 1. The van der Waals surface area contributed by atoms with E-state index >= 15 is 0 Å². The predicted molar refractivity (Wildman–Crippen MR) is 80.9 cm³/mol. The number of nitrogens with zero attached hydrogens (tertiary/aromatic N) is 1. The third-order valence-corrected chi connectivity index (χ3v) is 3.84. The number of carbonyl (C=O) groups is 2. The summed E-state index contributed by atoms with van der Waals surface area (Å²) in [6.07, 6.45) is 3.64. The Morgan fingerprint density at radius 2 is 1.86 bits per heavy atom. The molecule has 1 amide bonds. The van der Waals surface area contributed by atoms with Gasteiger partial charge in [0.25, 0.3) is 0 Å². The Bertz CT molecular complexity index is 491. The number of aryl methyl sites for hydroxylation is 2. The first-order valence-corrected chi connectivity index (χ1v) is 7.52. The van der Waals surface area contributed by atoms with Crippen LogP contribution in [0.1, 0.15) is 36.8 Å². The number of ether oxygens (including phenoxy) is 1. The summed E-state index contributed by atoms with van der Waals surface area (Å²) < 4.78 is 4.64. The van der Waals surface area contributed by atoms with Gasteiger partial charge in [-0.25, -0.2) is 0 Å². The molecule has 1 fully saturated rings. The average molecular weight is 289 g/mol. The maximum absolute atomic E-state index is 12.3. The molecule has 2 rings (SSSR count). The maximum Gasteiger partial charge on any atom is 0.307 e. The van der Waals surface area contributed by atoms with Crippen LogP contribution in [0, 0.1) is 6.92 Å². The van der Waals surface area contributed by atoms with Crippen LogP contribution in [0.15, 0.2) is 24.3 Å². The Kier molecular flexibility index (Phi) is 5.37. The van der Waals surface area contributed by atoms with Crippen molar-refractivity contribution < 1.29 is 14.3 Å². The second-order valence-electron chi connectivity index (χ2n) is 5.63. The lowest BCUT2D eigenvalue weighted by atomic mass is 10.1. The molecule has 0 N–H and O–H groups in total. The second kappa shape index (κ2) is 7.25. The molecule has 0 aliphatic heterocycles. The third-order valence-electron chi connectivity index (χ3n) is 3.84. The molecular formula is C17H23NO3. The molecule has 1 saturated carbocycles. The van der Waals surface area contributed by atoms with E-state index in [-0.39, 0.29) is 18.3 Å². The van der Waals surface area contributed by atoms with Gasteiger partial charge in [-0.1, -0.05) is 29.8 Å². The smallest absolute Gasteiger partial charge is 0.307 e. The molecule has 0 aromatic heterocycles. The van der Waals surface area contributed by atoms with Crippen LogP contribution in [0.5, 0.6) is 0 Å². The number of hydrogen-bond acceptors (Lipinski definition) is 3. The van der Waals surface area contributed by atoms with Gasteiger partial charge in [0.15, 0.2) is 0 Å². The van der Waals surface area contributed by atoms with Crippen LogP contribution >= 0.6 is 0 Å². The fourth-order valence-electron chi connectivity index (χ4n) is 2.36. The quantitative estimate of drug-likeness (QED) is 0.724. The van der Waals surface area contributed by atoms with Crippen molar-refractivity contribution in [3.05, 3.63) is 35.4 Å². The zero-order chi connectivity index (χ0) is 15.2. The van der Waals surface area contributed by atoms with Crippen LogP contribution in [-0.2, 0) is 20.7 Å². The van der Waals surface area contributed by atoms with E-state index in [2.05, 4.69) is 35.9 Å². The van der Waals surface area contributed by atoms with E-state index in [1.54, 1.807) is 0 Å². The molecule has 21 heavy (non-hydrogen) atoms. The van der Waals surface area contributed by atoms with Crippen molar-refractivity contribution in [1.29, 1.82) is 0 Å². The van der Waals surface area contributed by atoms with Gasteiger partial charge in [0, 0.05) is 19.0 Å². The summed E-state index contributed by atoms with van der Waals surface area (Å²) in [5.74, 6) is -0.117. The largest absolute Gasteiger partial charge is 0.469 e. The molecule has 1 aromatic rings. The highest BCUT2D eigenvalue weighted by atomic mass is 16.5. The van der Waals surface area contributed by atoms with Crippen LogP contribution < -0.4 is 0 Å². The molecule has 0 atom stereocenters. The lowest BCUT2D eigenvalue weighted by Crippen LogP contribution is -2.35. The average Bonchev–Trinajstić information content (AvgIpc) is 3.31. The zero-order valence-corrected chi connectivity index (χ0v) is 12.8. The lowest BCUT2D eigenvalue weighted by molar-refractivity contribution is -0.141. The van der Waals surface area contributed by atoms with Crippen molar-refractivity contribution in [2.45, 2.75) is 45.1 Å². The molecule has 0 unspecified atom stereocenters. The van der Waals surface area contributed by atoms with Crippen molar-refractivity contribution >= 4 is 11.9 Å². The molecular weight excluding hydrogens is 266 g/mol. The van der Waals surface area contributed by atoms with E-state index in [1.165, 1.54) is 18.2 Å². The zero-order valence-electron chi connectivity index (χ0n) is 12.8. The highest BCUT2D eigenvalue weighted by Gasteiger charge is 2.32. The number of benzene rings is 1. The summed E-state index contributed by atoms with van der Waals surface area (Å²) in [5, 5.41) is 0. The summed E-state index contributed by atoms with van der Waals surface area (Å²) in [6.45, 7) is 2.53. The molecule has 114 valence electrons. The molecule has 1 aliphatic carbocycles. The molecule has 0 radical (unpaired) electrons. The number of amides is 1. The fourth-order valence-corrected chi connectivity index (χ4v) is 2.36. The monoisotopic (exact) mass is 289 g/mol. The summed E-state index contributed by atoms with van der Waals surface area (Å²) in [7, 11) is 1.38. The normalized spacial score (nSPS) is 13.8. The first kappa shape index (κ1) is 15.5. The van der Waals surface area contributed by atoms with Gasteiger partial charge in [-0.2, -0.15) is 0 Å². The van der Waals surface area contributed by atoms with Crippen molar-refractivity contribution in [3.63, 3.8) is 0 Å². The number of esters is 1. The first-order valence-electron chi connectivity index (χ1n) is 7.52. The summed E-state index contributed by atoms with van der Waals surface area (Å²) in [4.78, 5) is 25.4. The van der Waals surface area contributed by atoms with Gasteiger partial charge in [-0.3, -0.25) is 9.59 Å². The van der Waals surface area contributed by atoms with Crippen molar-refractivity contribution in [3.8, 4) is 0 Å². The van der Waals surface area contributed by atoms with Crippen LogP contribution in [0.4, 0.5) is 0 Å². The van der Waals surface area contributed by atoms with Crippen molar-refractivity contribution in [2.75, 3.05) is 13.7 Å². The van der Waals surface area contributed by atoms with Gasteiger partial charge in [-0.05, 0) is 31.7 Å². The standard InChI is InChI=1S/C17H23NO3/c1-13-3-5-14(6-4-13)7-10-16(19)18(15-8-9-15)12-11-17(20)21-2/h3-6,15H,7-12H2,1-2H3. The predicted octanol–water partition coefficient (Wildman–Crippen LogP) is 2.48. The van der Waals surface area contributed by atoms with Gasteiger partial charge in [-0.15, -0.1) is 0 Å². The molecule has 1 aromatic carbocycles. The van der Waals surface area contributed by atoms with Gasteiger partial charge in [0.2, 0.25) is 5.91 Å². The molecule has 0 bridgehead atoms. The van der Waals surface area contributed by atoms with E-state index in [0.717, 1.165) is 19.3 Å². The topological polar surface area (TPSA) is 46.6 Å². The first-order chi connectivity index (χ1) is 10.1. The maximum atomic E-state index is 12.3. The molecule has 4 nitrogen and oxygen atoms in total. The number of carbonyl (C=O) groups excluding carboxylic acids is 2. The molecule has 0 heterocycles. The molecule has 4 heteroatoms. The minimum absolute atomic E-state index is 0.141. The van der Waals surface area contributed by atoms with Crippen LogP contribution in [0.3, 0.4) is 0 Å². The van der Waals surface area contributed by atoms with Gasteiger partial charge >= 0.3 is 5.97 Å². The van der Waals surface area contributed by atoms with E-state index < -0.39 is 0 Å². The lowest BCUT2D eigenvalue weighted by Gasteiger charge is -2.22. The van der Waals surface area contributed by atoms with Crippen LogP contribution in [-0.4, -0.2) is 36.5 Å². The Hall–Kier alpha value is -1.84. The summed E-state index contributed by atoms with van der Waals surface area (Å²) >= 11 is 0. The minimum Gasteiger partial charge on any atom is -0.469 e. The van der Waals surface area contributed by atoms with Crippen molar-refractivity contribution in [2.24, 2.45) is 0 Å². The Morgan fingerprint density at radius 1 is 1.19 bits per heavy atom. The Morgan fingerprint density at radius 3 is 2.43 bits per heavy atom. The Balaban J connectivity index is 1.83. The van der Waals surface area contributed by atoms with Crippen LogP contribution in [0.25, 0.3) is 0 Å². The van der Waals surface area contributed by atoms with E-state index in [4.69, 9.17) is 0 Å². The van der Waals surface area contributed by atoms with E-state index in [9.17, 15) is 9.59 Å². The van der Waals surface area contributed by atoms with Gasteiger partial charge in [0.1, 0.15) is 0 Å². The number of rotatable bonds is 7. The second-order valence-corrected chi connectivity index (χ2v) is 5.63. The minimum atomic E-state index is -0.257. The SMILES string of the molecule is COC(=O)CCN(C(=O)CCc1ccc(C)cc1)C1CC1. The highest BCUT2D eigenvalue weighted by molar-refractivity contribution is 5.78. The molecule has 0 spiro atoms. The highest BCUT2D eigenvalue weighted by Crippen LogP contribution is 2.27.